The molecule has 0 aliphatic carbocycles. The first-order valence-electron chi connectivity index (χ1n) is 11.9. The van der Waals surface area contributed by atoms with Crippen LogP contribution in [-0.2, 0) is 11.2 Å². The van der Waals surface area contributed by atoms with Gasteiger partial charge in [0.25, 0.3) is 0 Å². The lowest BCUT2D eigenvalue weighted by Crippen LogP contribution is -2.44. The Labute approximate surface area is 199 Å². The van der Waals surface area contributed by atoms with Crippen molar-refractivity contribution >= 4 is 11.7 Å². The molecule has 0 spiro atoms. The van der Waals surface area contributed by atoms with Gasteiger partial charge in [0.2, 0.25) is 5.91 Å². The number of amides is 1. The topological polar surface area (TPSA) is 58.6 Å². The Bertz CT molecular complexity index is 830. The number of methoxy groups -OCH3 is 1. The summed E-state index contributed by atoms with van der Waals surface area (Å²) in [6.45, 7) is 3.17. The molecule has 180 valence electrons. The van der Waals surface area contributed by atoms with E-state index in [1.54, 1.807) is 7.11 Å². The smallest absolute Gasteiger partial charge is 0.220 e. The molecule has 1 aliphatic rings. The van der Waals surface area contributed by atoms with Crippen LogP contribution in [0, 0.1) is 0 Å². The van der Waals surface area contributed by atoms with Crippen LogP contribution in [0.15, 0.2) is 54.6 Å². The van der Waals surface area contributed by atoms with Crippen molar-refractivity contribution in [2.45, 2.75) is 64.8 Å². The predicted octanol–water partition coefficient (Wildman–Crippen LogP) is 5.29. The maximum Gasteiger partial charge on any atom is 0.220 e. The van der Waals surface area contributed by atoms with Gasteiger partial charge < -0.3 is 15.0 Å². The van der Waals surface area contributed by atoms with Crippen LogP contribution in [0.2, 0.25) is 0 Å². The van der Waals surface area contributed by atoms with E-state index < -0.39 is 0 Å². The summed E-state index contributed by atoms with van der Waals surface area (Å²) in [4.78, 5) is 27.3. The lowest BCUT2D eigenvalue weighted by atomic mass is 10.0. The molecule has 5 heteroatoms. The van der Waals surface area contributed by atoms with Crippen LogP contribution in [0.3, 0.4) is 0 Å². The molecule has 1 aliphatic heterocycles. The molecule has 1 heterocycles. The average molecular weight is 453 g/mol. The molecular weight excluding hydrogens is 412 g/mol. The predicted molar refractivity (Wildman–Crippen MR) is 135 cm³/mol. The first-order chi connectivity index (χ1) is 15.6. The van der Waals surface area contributed by atoms with Gasteiger partial charge in [-0.15, -0.1) is 0 Å². The molecule has 5 nitrogen and oxygen atoms in total. The highest BCUT2D eigenvalue weighted by atomic mass is 16.5. The third-order valence-corrected chi connectivity index (χ3v) is 6.09. The largest absolute Gasteiger partial charge is 0.497 e. The molecule has 1 fully saturated rings. The van der Waals surface area contributed by atoms with E-state index >= 15 is 0 Å². The van der Waals surface area contributed by atoms with Crippen molar-refractivity contribution in [3.05, 3.63) is 65.7 Å². The fraction of sp³-hybridized carbons (Fsp3) is 0.500. The van der Waals surface area contributed by atoms with Crippen LogP contribution in [0.25, 0.3) is 0 Å². The molecular formula is C28H40N2O3. The van der Waals surface area contributed by atoms with Gasteiger partial charge in [0.1, 0.15) is 5.75 Å². The molecule has 0 bridgehead atoms. The van der Waals surface area contributed by atoms with Crippen molar-refractivity contribution < 1.29 is 14.3 Å². The standard InChI is InChI=1S/C27H36N2O3.CH4/c1-32-25-16-14-23(15-17-25)26(30)12-6-3-7-13-27(31)28-24(21-29-18-8-9-19-29)20-22-10-4-2-5-11-22;/h2,4-5,10-11,14-17,24H,3,6-9,12-13,18-21H2,1H3,(H,28,31);1H4/t24-;/m0./s1. The number of nitrogens with zero attached hydrogens (tertiary/aromatic N) is 1. The van der Waals surface area contributed by atoms with Crippen molar-refractivity contribution in [3.8, 4) is 5.75 Å². The van der Waals surface area contributed by atoms with Crippen molar-refractivity contribution in [2.24, 2.45) is 0 Å². The Morgan fingerprint density at radius 3 is 2.27 bits per heavy atom. The number of likely N-dealkylation sites (tertiary alicyclic amines) is 1. The van der Waals surface area contributed by atoms with Gasteiger partial charge in [-0.2, -0.15) is 0 Å². The number of carbonyl (C=O) groups excluding carboxylic acids is 2. The van der Waals surface area contributed by atoms with Crippen LogP contribution in [0.4, 0.5) is 0 Å². The summed E-state index contributed by atoms with van der Waals surface area (Å²) in [5.74, 6) is 1.01. The highest BCUT2D eigenvalue weighted by molar-refractivity contribution is 5.96. The molecule has 33 heavy (non-hydrogen) atoms. The Balaban J connectivity index is 0.00000385. The summed E-state index contributed by atoms with van der Waals surface area (Å²) < 4.78 is 5.13. The maximum absolute atomic E-state index is 12.6. The Morgan fingerprint density at radius 1 is 0.939 bits per heavy atom. The number of ketones is 1. The van der Waals surface area contributed by atoms with E-state index in [0.717, 1.165) is 51.1 Å². The second-order valence-electron chi connectivity index (χ2n) is 8.67. The highest BCUT2D eigenvalue weighted by Gasteiger charge is 2.19. The Morgan fingerprint density at radius 2 is 1.61 bits per heavy atom. The van der Waals surface area contributed by atoms with E-state index in [-0.39, 0.29) is 25.2 Å². The van der Waals surface area contributed by atoms with Crippen LogP contribution in [0.5, 0.6) is 5.75 Å². The van der Waals surface area contributed by atoms with Crippen LogP contribution in [-0.4, -0.2) is 49.4 Å². The molecule has 0 unspecified atom stereocenters. The minimum absolute atomic E-state index is 0. The fourth-order valence-electron chi connectivity index (χ4n) is 4.31. The summed E-state index contributed by atoms with van der Waals surface area (Å²) in [5, 5.41) is 3.27. The van der Waals surface area contributed by atoms with Crippen molar-refractivity contribution in [2.75, 3.05) is 26.7 Å². The third kappa shape index (κ3) is 9.39. The summed E-state index contributed by atoms with van der Waals surface area (Å²) in [5.41, 5.74) is 1.98. The number of Topliss-reactive ketones (excluding diaryl/α,β-unsaturated/α-hetero) is 1. The molecule has 0 saturated carbocycles. The van der Waals surface area contributed by atoms with Crippen molar-refractivity contribution in [1.29, 1.82) is 0 Å². The zero-order chi connectivity index (χ0) is 22.6. The van der Waals surface area contributed by atoms with Crippen LogP contribution in [0.1, 0.15) is 68.3 Å². The van der Waals surface area contributed by atoms with Gasteiger partial charge in [0.05, 0.1) is 7.11 Å². The van der Waals surface area contributed by atoms with Gasteiger partial charge in [0, 0.05) is 31.0 Å². The number of nitrogens with one attached hydrogen (secondary N) is 1. The number of hydrogen-bond donors (Lipinski definition) is 1. The molecule has 2 aromatic rings. The number of hydrogen-bond acceptors (Lipinski definition) is 4. The van der Waals surface area contributed by atoms with Gasteiger partial charge in [-0.25, -0.2) is 0 Å². The van der Waals surface area contributed by atoms with Crippen molar-refractivity contribution in [3.63, 3.8) is 0 Å². The first kappa shape index (κ1) is 26.6. The zero-order valence-electron chi connectivity index (χ0n) is 19.2. The summed E-state index contributed by atoms with van der Waals surface area (Å²) >= 11 is 0. The second-order valence-corrected chi connectivity index (χ2v) is 8.67. The molecule has 3 rings (SSSR count). The van der Waals surface area contributed by atoms with E-state index in [4.69, 9.17) is 4.74 Å². The lowest BCUT2D eigenvalue weighted by molar-refractivity contribution is -0.122. The van der Waals surface area contributed by atoms with E-state index in [9.17, 15) is 9.59 Å². The number of carbonyl (C=O) groups is 2. The minimum Gasteiger partial charge on any atom is -0.497 e. The second kappa shape index (κ2) is 14.5. The number of rotatable bonds is 13. The van der Waals surface area contributed by atoms with E-state index in [0.29, 0.717) is 18.4 Å². The number of ether oxygens (including phenoxy) is 1. The molecule has 0 aromatic heterocycles. The summed E-state index contributed by atoms with van der Waals surface area (Å²) in [6, 6.07) is 17.8. The Hall–Kier alpha value is -2.66. The van der Waals surface area contributed by atoms with Gasteiger partial charge in [-0.3, -0.25) is 9.59 Å². The maximum atomic E-state index is 12.6. The first-order valence-corrected chi connectivity index (χ1v) is 11.9. The van der Waals surface area contributed by atoms with E-state index in [1.807, 2.05) is 30.3 Å². The lowest BCUT2D eigenvalue weighted by Gasteiger charge is -2.24. The third-order valence-electron chi connectivity index (χ3n) is 6.09. The Kier molecular flexibility index (Phi) is 11.7. The van der Waals surface area contributed by atoms with Gasteiger partial charge in [-0.05, 0) is 75.0 Å². The molecule has 1 atom stereocenters. The normalized spacial score (nSPS) is 14.3. The van der Waals surface area contributed by atoms with Crippen molar-refractivity contribution in [1.82, 2.24) is 10.2 Å². The van der Waals surface area contributed by atoms with Crippen LogP contribution >= 0.6 is 0 Å². The average Bonchev–Trinajstić information content (AvgIpc) is 3.32. The molecule has 1 amide bonds. The van der Waals surface area contributed by atoms with E-state index in [2.05, 4.69) is 34.5 Å². The fourth-order valence-corrected chi connectivity index (χ4v) is 4.31. The van der Waals surface area contributed by atoms with E-state index in [1.165, 1.54) is 18.4 Å². The molecule has 0 radical (unpaired) electrons. The molecule has 1 N–H and O–H groups in total. The zero-order valence-corrected chi connectivity index (χ0v) is 19.2. The minimum atomic E-state index is 0. The SMILES string of the molecule is C.COc1ccc(C(=O)CCCCCC(=O)N[C@@H](Cc2ccccc2)CN2CCCC2)cc1. The molecule has 2 aromatic carbocycles. The quantitative estimate of drug-likeness (QED) is 0.331. The highest BCUT2D eigenvalue weighted by Crippen LogP contribution is 2.15. The van der Waals surface area contributed by atoms with Gasteiger partial charge in [0.15, 0.2) is 5.78 Å². The summed E-state index contributed by atoms with van der Waals surface area (Å²) in [7, 11) is 1.61. The summed E-state index contributed by atoms with van der Waals surface area (Å²) in [6.07, 6.45) is 6.89. The monoisotopic (exact) mass is 452 g/mol. The number of benzene rings is 2. The number of unbranched alkanes of at least 4 members (excludes halogenated alkanes) is 2. The van der Waals surface area contributed by atoms with Gasteiger partial charge in [-0.1, -0.05) is 44.2 Å². The molecule has 1 saturated heterocycles. The van der Waals surface area contributed by atoms with Gasteiger partial charge >= 0.3 is 0 Å². The van der Waals surface area contributed by atoms with Crippen LogP contribution < -0.4 is 10.1 Å².